The number of hydrogen-bond donors (Lipinski definition) is 2. The van der Waals surface area contributed by atoms with Gasteiger partial charge in [-0.25, -0.2) is 9.40 Å². The van der Waals surface area contributed by atoms with Gasteiger partial charge in [-0.2, -0.15) is 0 Å². The fraction of sp³-hybridized carbons (Fsp3) is 0.529. The Kier molecular flexibility index (Phi) is 4.00. The molecule has 26 heavy (non-hydrogen) atoms. The highest BCUT2D eigenvalue weighted by Gasteiger charge is 2.44. The Balaban J connectivity index is 1.85. The minimum Gasteiger partial charge on any atom is -0.487 e. The van der Waals surface area contributed by atoms with Crippen molar-refractivity contribution in [2.45, 2.75) is 13.0 Å². The molecule has 1 aromatic rings. The monoisotopic (exact) mass is 364 g/mol. The van der Waals surface area contributed by atoms with Gasteiger partial charge in [-0.05, 0) is 13.0 Å². The Morgan fingerprint density at radius 2 is 2.00 bits per heavy atom. The number of piperazine rings is 1. The zero-order valence-corrected chi connectivity index (χ0v) is 14.4. The summed E-state index contributed by atoms with van der Waals surface area (Å²) in [6.45, 7) is 4.55. The first kappa shape index (κ1) is 17.0. The zero-order chi connectivity index (χ0) is 18.6. The van der Waals surface area contributed by atoms with Crippen molar-refractivity contribution in [2.75, 3.05) is 49.1 Å². The molecule has 0 spiro atoms. The Hall–Kier alpha value is -2.39. The highest BCUT2D eigenvalue weighted by atomic mass is 19.1. The number of anilines is 2. The van der Waals surface area contributed by atoms with Crippen LogP contribution in [0.25, 0.3) is 0 Å². The van der Waals surface area contributed by atoms with Gasteiger partial charge in [0.1, 0.15) is 18.2 Å². The summed E-state index contributed by atoms with van der Waals surface area (Å²) < 4.78 is 20.8. The quantitative estimate of drug-likeness (QED) is 0.571. The first-order valence-electron chi connectivity index (χ1n) is 8.66. The van der Waals surface area contributed by atoms with Crippen LogP contribution in [0.3, 0.4) is 0 Å². The summed E-state index contributed by atoms with van der Waals surface area (Å²) in [5.74, 6) is 2.59. The second-order valence-corrected chi connectivity index (χ2v) is 7.02. The van der Waals surface area contributed by atoms with E-state index < -0.39 is 23.5 Å². The number of hydrazine groups is 1. The van der Waals surface area contributed by atoms with E-state index in [-0.39, 0.29) is 18.2 Å². The maximum absolute atomic E-state index is 15.0. The van der Waals surface area contributed by atoms with Crippen molar-refractivity contribution < 1.29 is 23.8 Å². The van der Waals surface area contributed by atoms with Crippen LogP contribution in [0.4, 0.5) is 15.8 Å². The molecule has 9 heteroatoms. The van der Waals surface area contributed by atoms with Crippen LogP contribution in [0.1, 0.15) is 17.3 Å². The van der Waals surface area contributed by atoms with E-state index in [1.165, 1.54) is 0 Å². The summed E-state index contributed by atoms with van der Waals surface area (Å²) in [4.78, 5) is 27.8. The molecule has 0 bridgehead atoms. The third kappa shape index (κ3) is 2.50. The summed E-state index contributed by atoms with van der Waals surface area (Å²) in [5, 5.41) is 11.1. The normalized spacial score (nSPS) is 25.7. The minimum absolute atomic E-state index is 0.0698. The molecule has 8 nitrogen and oxygen atoms in total. The molecule has 1 aromatic carbocycles. The molecule has 0 radical (unpaired) electrons. The Labute approximate surface area is 149 Å². The van der Waals surface area contributed by atoms with Gasteiger partial charge in [-0.1, -0.05) is 0 Å². The van der Waals surface area contributed by atoms with E-state index in [0.717, 1.165) is 6.07 Å². The average Bonchev–Trinajstić information content (AvgIpc) is 2.60. The molecule has 140 valence electrons. The summed E-state index contributed by atoms with van der Waals surface area (Å²) in [6.07, 6.45) is 0. The van der Waals surface area contributed by atoms with Crippen molar-refractivity contribution in [2.24, 2.45) is 11.8 Å². The van der Waals surface area contributed by atoms with Crippen LogP contribution in [0, 0.1) is 11.7 Å². The van der Waals surface area contributed by atoms with E-state index >= 15 is 0 Å². The van der Waals surface area contributed by atoms with Crippen molar-refractivity contribution in [3.05, 3.63) is 17.4 Å². The molecule has 1 saturated heterocycles. The van der Waals surface area contributed by atoms with Crippen LogP contribution in [-0.4, -0.2) is 67.2 Å². The SMILES string of the molecule is C[C@H]1COc2c(N3CCN(N)CC3)c(F)cc3c2N1CC(C(=O)O)C3=O. The van der Waals surface area contributed by atoms with E-state index in [2.05, 4.69) is 0 Å². The molecule has 0 amide bonds. The van der Waals surface area contributed by atoms with Crippen molar-refractivity contribution in [3.8, 4) is 5.75 Å². The van der Waals surface area contributed by atoms with Crippen LogP contribution in [-0.2, 0) is 4.79 Å². The van der Waals surface area contributed by atoms with Crippen LogP contribution in [0.5, 0.6) is 5.75 Å². The highest BCUT2D eigenvalue weighted by molar-refractivity contribution is 6.14. The number of carboxylic acids is 1. The van der Waals surface area contributed by atoms with Gasteiger partial charge >= 0.3 is 5.97 Å². The molecule has 1 fully saturated rings. The number of carbonyl (C=O) groups is 2. The van der Waals surface area contributed by atoms with Gasteiger partial charge in [0.2, 0.25) is 0 Å². The molecule has 0 aliphatic carbocycles. The molecule has 4 rings (SSSR count). The van der Waals surface area contributed by atoms with Gasteiger partial charge in [0.05, 0.1) is 11.7 Å². The number of halogens is 1. The first-order valence-corrected chi connectivity index (χ1v) is 8.66. The number of carboxylic acid groups (broad SMARTS) is 1. The second-order valence-electron chi connectivity index (χ2n) is 7.02. The largest absolute Gasteiger partial charge is 0.487 e. The van der Waals surface area contributed by atoms with Gasteiger partial charge < -0.3 is 19.6 Å². The third-order valence-electron chi connectivity index (χ3n) is 5.36. The summed E-state index contributed by atoms with van der Waals surface area (Å²) in [7, 11) is 0. The molecule has 3 N–H and O–H groups in total. The molecule has 0 saturated carbocycles. The predicted molar refractivity (Wildman–Crippen MR) is 92.1 cm³/mol. The summed E-state index contributed by atoms with van der Waals surface area (Å²) >= 11 is 0. The molecule has 3 aliphatic rings. The third-order valence-corrected chi connectivity index (χ3v) is 5.36. The predicted octanol–water partition coefficient (Wildman–Crippen LogP) is 0.306. The van der Waals surface area contributed by atoms with Gasteiger partial charge in [-0.3, -0.25) is 15.4 Å². The van der Waals surface area contributed by atoms with Gasteiger partial charge in [0.25, 0.3) is 0 Å². The number of benzene rings is 1. The molecule has 1 unspecified atom stereocenters. The van der Waals surface area contributed by atoms with Crippen molar-refractivity contribution in [1.29, 1.82) is 0 Å². The molecule has 3 heterocycles. The maximum atomic E-state index is 15.0. The number of rotatable bonds is 2. The number of hydrogen-bond acceptors (Lipinski definition) is 7. The molecule has 0 aromatic heterocycles. The van der Waals surface area contributed by atoms with Gasteiger partial charge in [-0.15, -0.1) is 0 Å². The van der Waals surface area contributed by atoms with Gasteiger partial charge in [0, 0.05) is 38.3 Å². The van der Waals surface area contributed by atoms with Crippen molar-refractivity contribution in [3.63, 3.8) is 0 Å². The van der Waals surface area contributed by atoms with Crippen LogP contribution in [0.2, 0.25) is 0 Å². The lowest BCUT2D eigenvalue weighted by molar-refractivity contribution is -0.139. The van der Waals surface area contributed by atoms with Gasteiger partial charge in [0.15, 0.2) is 17.3 Å². The number of nitrogens with two attached hydrogens (primary N) is 1. The van der Waals surface area contributed by atoms with E-state index in [4.69, 9.17) is 10.6 Å². The lowest BCUT2D eigenvalue weighted by Crippen LogP contribution is -2.52. The summed E-state index contributed by atoms with van der Waals surface area (Å²) in [5.41, 5.74) is 0.928. The van der Waals surface area contributed by atoms with Crippen molar-refractivity contribution in [1.82, 2.24) is 5.01 Å². The van der Waals surface area contributed by atoms with E-state index in [1.54, 1.807) is 5.01 Å². The van der Waals surface area contributed by atoms with E-state index in [0.29, 0.717) is 49.9 Å². The standard InChI is InChI=1S/C17H21FN4O4/c1-9-8-26-16-13-10(15(23)11(17(24)25)7-22(9)13)6-12(18)14(16)20-2-4-21(19)5-3-20/h6,9,11H,2-5,7-8,19H2,1H3,(H,24,25)/t9-,11?/m0/s1. The molecule has 2 atom stereocenters. The topological polar surface area (TPSA) is 99.3 Å². The Morgan fingerprint density at radius 3 is 2.65 bits per heavy atom. The maximum Gasteiger partial charge on any atom is 0.316 e. The second kappa shape index (κ2) is 6.10. The van der Waals surface area contributed by atoms with E-state index in [9.17, 15) is 19.1 Å². The van der Waals surface area contributed by atoms with Crippen molar-refractivity contribution >= 4 is 23.1 Å². The van der Waals surface area contributed by atoms with Crippen LogP contribution >= 0.6 is 0 Å². The number of aliphatic carboxylic acids is 1. The fourth-order valence-corrected chi connectivity index (χ4v) is 3.90. The summed E-state index contributed by atoms with van der Waals surface area (Å²) in [6, 6.07) is 1.06. The molecular weight excluding hydrogens is 343 g/mol. The molecule has 3 aliphatic heterocycles. The fourth-order valence-electron chi connectivity index (χ4n) is 3.90. The number of carbonyl (C=O) groups excluding carboxylic acids is 1. The minimum atomic E-state index is -1.19. The number of ether oxygens (including phenoxy) is 1. The van der Waals surface area contributed by atoms with Crippen LogP contribution in [0.15, 0.2) is 6.07 Å². The lowest BCUT2D eigenvalue weighted by atomic mass is 9.88. The molecular formula is C17H21FN4O4. The van der Waals surface area contributed by atoms with E-state index in [1.807, 2.05) is 16.7 Å². The van der Waals surface area contributed by atoms with Crippen LogP contribution < -0.4 is 20.4 Å². The highest BCUT2D eigenvalue weighted by Crippen LogP contribution is 2.48. The average molecular weight is 364 g/mol. The lowest BCUT2D eigenvalue weighted by Gasteiger charge is -2.44. The Bertz CT molecular complexity index is 779. The smallest absolute Gasteiger partial charge is 0.316 e. The Morgan fingerprint density at radius 1 is 1.31 bits per heavy atom. The number of Topliss-reactive ketones (excluding diaryl/α,β-unsaturated/α-hetero) is 1. The number of nitrogens with zero attached hydrogens (tertiary/aromatic N) is 3. The zero-order valence-electron chi connectivity index (χ0n) is 14.4. The number of ketones is 1. The first-order chi connectivity index (χ1) is 12.4.